The molecule has 2 unspecified atom stereocenters. The summed E-state index contributed by atoms with van der Waals surface area (Å²) in [4.78, 5) is 10.6. The molecule has 0 saturated heterocycles. The minimum Gasteiger partial charge on any atom is -0.406 e. The Morgan fingerprint density at radius 3 is 2.37 bits per heavy atom. The first-order chi connectivity index (χ1) is 8.61. The highest BCUT2D eigenvalue weighted by Gasteiger charge is 2.32. The lowest BCUT2D eigenvalue weighted by Crippen LogP contribution is -2.34. The van der Waals surface area contributed by atoms with E-state index in [9.17, 15) is 27.5 Å². The summed E-state index contributed by atoms with van der Waals surface area (Å²) < 4.78 is 52.7. The average molecular weight is 283 g/mol. The molecule has 4 N–H and O–H groups in total. The molecule has 106 valence electrons. The van der Waals surface area contributed by atoms with Crippen LogP contribution in [0.15, 0.2) is 18.2 Å². The van der Waals surface area contributed by atoms with Crippen LogP contribution in [0.2, 0.25) is 0 Å². The van der Waals surface area contributed by atoms with Crippen LogP contribution in [0.1, 0.15) is 11.7 Å². The van der Waals surface area contributed by atoms with Gasteiger partial charge in [0.25, 0.3) is 0 Å². The molecule has 0 saturated carbocycles. The minimum absolute atomic E-state index is 0.514. The number of aliphatic hydroxyl groups is 2. The smallest absolute Gasteiger partial charge is 0.406 e. The van der Waals surface area contributed by atoms with Crippen LogP contribution in [0, 0.1) is 5.82 Å². The SMILES string of the molecule is NC(=O)C(O)C(O)c1cc(OC(F)(F)F)ccc1F. The Kier molecular flexibility index (Phi) is 4.32. The number of amides is 1. The van der Waals surface area contributed by atoms with Crippen molar-refractivity contribution in [3.8, 4) is 5.75 Å². The molecule has 0 spiro atoms. The van der Waals surface area contributed by atoms with Crippen molar-refractivity contribution in [3.05, 3.63) is 29.6 Å². The summed E-state index contributed by atoms with van der Waals surface area (Å²) in [7, 11) is 0. The van der Waals surface area contributed by atoms with Crippen LogP contribution in [-0.4, -0.2) is 28.6 Å². The topological polar surface area (TPSA) is 92.8 Å². The van der Waals surface area contributed by atoms with Gasteiger partial charge in [0, 0.05) is 5.56 Å². The lowest BCUT2D eigenvalue weighted by atomic mass is 10.0. The van der Waals surface area contributed by atoms with Gasteiger partial charge in [-0.25, -0.2) is 4.39 Å². The molecule has 5 nitrogen and oxygen atoms in total. The number of hydrogen-bond acceptors (Lipinski definition) is 4. The number of primary amides is 1. The first-order valence-electron chi connectivity index (χ1n) is 4.82. The van der Waals surface area contributed by atoms with E-state index in [0.717, 1.165) is 0 Å². The van der Waals surface area contributed by atoms with Crippen molar-refractivity contribution in [1.29, 1.82) is 0 Å². The molecule has 9 heteroatoms. The van der Waals surface area contributed by atoms with E-state index < -0.39 is 41.6 Å². The van der Waals surface area contributed by atoms with Crippen molar-refractivity contribution in [2.75, 3.05) is 0 Å². The van der Waals surface area contributed by atoms with Crippen LogP contribution in [0.4, 0.5) is 17.6 Å². The summed E-state index contributed by atoms with van der Waals surface area (Å²) in [6.07, 6.45) is -9.26. The van der Waals surface area contributed by atoms with Gasteiger partial charge in [-0.1, -0.05) is 0 Å². The van der Waals surface area contributed by atoms with Gasteiger partial charge in [0.05, 0.1) is 0 Å². The van der Waals surface area contributed by atoms with E-state index in [1.165, 1.54) is 0 Å². The molecule has 0 bridgehead atoms. The lowest BCUT2D eigenvalue weighted by Gasteiger charge is -2.17. The van der Waals surface area contributed by atoms with E-state index in [2.05, 4.69) is 10.5 Å². The number of halogens is 4. The number of rotatable bonds is 4. The molecule has 0 radical (unpaired) electrons. The molecule has 0 aliphatic rings. The number of carbonyl (C=O) groups excluding carboxylic acids is 1. The van der Waals surface area contributed by atoms with E-state index in [1.54, 1.807) is 0 Å². The van der Waals surface area contributed by atoms with Crippen LogP contribution in [0.25, 0.3) is 0 Å². The maximum absolute atomic E-state index is 13.3. The summed E-state index contributed by atoms with van der Waals surface area (Å²) in [6.45, 7) is 0. The van der Waals surface area contributed by atoms with Crippen LogP contribution in [0.5, 0.6) is 5.75 Å². The largest absolute Gasteiger partial charge is 0.573 e. The Morgan fingerprint density at radius 2 is 1.89 bits per heavy atom. The Bertz CT molecular complexity index is 477. The van der Waals surface area contributed by atoms with Crippen molar-refractivity contribution in [3.63, 3.8) is 0 Å². The molecule has 0 aliphatic heterocycles. The predicted octanol–water partition coefficient (Wildman–Crippen LogP) is 0.604. The Morgan fingerprint density at radius 1 is 1.32 bits per heavy atom. The predicted molar refractivity (Wildman–Crippen MR) is 53.2 cm³/mol. The van der Waals surface area contributed by atoms with Crippen molar-refractivity contribution in [2.24, 2.45) is 5.73 Å². The normalized spacial score (nSPS) is 14.8. The molecule has 1 aromatic rings. The van der Waals surface area contributed by atoms with Crippen LogP contribution < -0.4 is 10.5 Å². The van der Waals surface area contributed by atoms with Gasteiger partial charge in [0.2, 0.25) is 5.91 Å². The number of carbonyl (C=O) groups is 1. The third-order valence-electron chi connectivity index (χ3n) is 2.11. The van der Waals surface area contributed by atoms with Gasteiger partial charge < -0.3 is 20.7 Å². The quantitative estimate of drug-likeness (QED) is 0.706. The van der Waals surface area contributed by atoms with Crippen molar-refractivity contribution in [2.45, 2.75) is 18.6 Å². The Labute approximate surface area is 104 Å². The van der Waals surface area contributed by atoms with Crippen molar-refractivity contribution in [1.82, 2.24) is 0 Å². The third-order valence-corrected chi connectivity index (χ3v) is 2.11. The standard InChI is InChI=1S/C10H9F4NO4/c11-6-2-1-4(19-10(12,13)14)3-5(6)7(16)8(17)9(15)18/h1-3,7-8,16-17H,(H2,15,18). The molecule has 0 fully saturated rings. The highest BCUT2D eigenvalue weighted by molar-refractivity contribution is 5.79. The zero-order chi connectivity index (χ0) is 14.8. The summed E-state index contributed by atoms with van der Waals surface area (Å²) in [5.74, 6) is -3.28. The Hall–Kier alpha value is -1.87. The minimum atomic E-state index is -5.00. The molecule has 2 atom stereocenters. The molecule has 1 rings (SSSR count). The number of benzene rings is 1. The summed E-state index contributed by atoms with van der Waals surface area (Å²) >= 11 is 0. The molecule has 0 aromatic heterocycles. The number of aliphatic hydroxyl groups excluding tert-OH is 2. The number of hydrogen-bond donors (Lipinski definition) is 3. The monoisotopic (exact) mass is 283 g/mol. The molecule has 1 amide bonds. The third kappa shape index (κ3) is 4.07. The Balaban J connectivity index is 3.07. The van der Waals surface area contributed by atoms with E-state index in [0.29, 0.717) is 18.2 Å². The van der Waals surface area contributed by atoms with Gasteiger partial charge in [-0.15, -0.1) is 13.2 Å². The number of nitrogens with two attached hydrogens (primary N) is 1. The fourth-order valence-electron chi connectivity index (χ4n) is 1.27. The molecule has 19 heavy (non-hydrogen) atoms. The van der Waals surface area contributed by atoms with Crippen LogP contribution in [-0.2, 0) is 4.79 Å². The summed E-state index contributed by atoms with van der Waals surface area (Å²) in [5.41, 5.74) is 3.94. The molecule has 0 heterocycles. The van der Waals surface area contributed by atoms with Crippen molar-refractivity contribution >= 4 is 5.91 Å². The number of ether oxygens (including phenoxy) is 1. The molecular formula is C10H9F4NO4. The van der Waals surface area contributed by atoms with Crippen LogP contribution in [0.3, 0.4) is 0 Å². The van der Waals surface area contributed by atoms with Crippen molar-refractivity contribution < 1.29 is 37.3 Å². The van der Waals surface area contributed by atoms with Crippen LogP contribution >= 0.6 is 0 Å². The molecule has 0 aliphatic carbocycles. The second-order valence-electron chi connectivity index (χ2n) is 3.52. The van der Waals surface area contributed by atoms with Gasteiger partial charge in [0.15, 0.2) is 6.10 Å². The fraction of sp³-hybridized carbons (Fsp3) is 0.300. The van der Waals surface area contributed by atoms with Gasteiger partial charge in [-0.05, 0) is 18.2 Å². The van der Waals surface area contributed by atoms with Gasteiger partial charge in [-0.3, -0.25) is 4.79 Å². The second kappa shape index (κ2) is 5.41. The lowest BCUT2D eigenvalue weighted by molar-refractivity contribution is -0.274. The van der Waals surface area contributed by atoms with Gasteiger partial charge in [0.1, 0.15) is 17.7 Å². The fourth-order valence-corrected chi connectivity index (χ4v) is 1.27. The summed E-state index contributed by atoms with van der Waals surface area (Å²) in [5, 5.41) is 18.6. The zero-order valence-corrected chi connectivity index (χ0v) is 9.19. The summed E-state index contributed by atoms with van der Waals surface area (Å²) in [6, 6.07) is 1.78. The van der Waals surface area contributed by atoms with E-state index in [-0.39, 0.29) is 0 Å². The van der Waals surface area contributed by atoms with E-state index >= 15 is 0 Å². The molecule has 1 aromatic carbocycles. The highest BCUT2D eigenvalue weighted by atomic mass is 19.4. The molecular weight excluding hydrogens is 274 g/mol. The highest BCUT2D eigenvalue weighted by Crippen LogP contribution is 2.28. The van der Waals surface area contributed by atoms with Gasteiger partial charge >= 0.3 is 6.36 Å². The van der Waals surface area contributed by atoms with E-state index in [4.69, 9.17) is 5.11 Å². The first kappa shape index (κ1) is 15.2. The zero-order valence-electron chi connectivity index (χ0n) is 9.19. The number of alkyl halides is 3. The second-order valence-corrected chi connectivity index (χ2v) is 3.52. The maximum Gasteiger partial charge on any atom is 0.573 e. The van der Waals surface area contributed by atoms with E-state index in [1.807, 2.05) is 0 Å². The van der Waals surface area contributed by atoms with Gasteiger partial charge in [-0.2, -0.15) is 0 Å². The first-order valence-corrected chi connectivity index (χ1v) is 4.82. The maximum atomic E-state index is 13.3. The average Bonchev–Trinajstić information content (AvgIpc) is 2.27.